The molecule has 1 aromatic rings. The molecule has 0 unspecified atom stereocenters. The molecule has 1 fully saturated rings. The molecule has 1 saturated carbocycles. The van der Waals surface area contributed by atoms with Crippen LogP contribution in [0.5, 0.6) is 0 Å². The van der Waals surface area contributed by atoms with Gasteiger partial charge in [0.15, 0.2) is 0 Å². The minimum absolute atomic E-state index is 0.148. The average molecular weight is 276 g/mol. The Hall–Kier alpha value is -1.88. The quantitative estimate of drug-likeness (QED) is 0.742. The van der Waals surface area contributed by atoms with Gasteiger partial charge in [-0.3, -0.25) is 4.79 Å². The van der Waals surface area contributed by atoms with Gasteiger partial charge in [0.1, 0.15) is 0 Å². The molecule has 1 amide bonds. The van der Waals surface area contributed by atoms with E-state index in [9.17, 15) is 9.59 Å². The summed E-state index contributed by atoms with van der Waals surface area (Å²) in [5.74, 6) is -0.401. The van der Waals surface area contributed by atoms with Crippen LogP contribution in [0.4, 0.5) is 5.69 Å². The molecular formula is C15H20N2O3. The van der Waals surface area contributed by atoms with Crippen molar-refractivity contribution in [3.05, 3.63) is 28.8 Å². The van der Waals surface area contributed by atoms with Gasteiger partial charge in [0.05, 0.1) is 12.1 Å². The van der Waals surface area contributed by atoms with Crippen molar-refractivity contribution in [2.45, 2.75) is 26.7 Å². The second kappa shape index (κ2) is 6.05. The van der Waals surface area contributed by atoms with Crippen molar-refractivity contribution in [1.82, 2.24) is 5.32 Å². The van der Waals surface area contributed by atoms with E-state index >= 15 is 0 Å². The number of aromatic carboxylic acids is 1. The van der Waals surface area contributed by atoms with Gasteiger partial charge in [-0.2, -0.15) is 0 Å². The van der Waals surface area contributed by atoms with E-state index in [1.54, 1.807) is 13.0 Å². The number of aryl methyl sites for hydroxylation is 1. The van der Waals surface area contributed by atoms with Gasteiger partial charge in [0.2, 0.25) is 5.91 Å². The fraction of sp³-hybridized carbons (Fsp3) is 0.467. The Morgan fingerprint density at radius 1 is 1.30 bits per heavy atom. The number of carboxylic acids is 1. The van der Waals surface area contributed by atoms with Gasteiger partial charge in [-0.25, -0.2) is 4.79 Å². The maximum absolute atomic E-state index is 11.8. The van der Waals surface area contributed by atoms with Crippen molar-refractivity contribution in [3.63, 3.8) is 0 Å². The van der Waals surface area contributed by atoms with Crippen molar-refractivity contribution in [2.75, 3.05) is 18.4 Å². The van der Waals surface area contributed by atoms with Crippen LogP contribution in [0.15, 0.2) is 12.1 Å². The minimum Gasteiger partial charge on any atom is -0.478 e. The van der Waals surface area contributed by atoms with Crippen LogP contribution in [-0.4, -0.2) is 30.1 Å². The average Bonchev–Trinajstić information content (AvgIpc) is 3.17. The van der Waals surface area contributed by atoms with E-state index in [1.807, 2.05) is 6.92 Å². The Kier molecular flexibility index (Phi) is 4.39. The molecule has 0 heterocycles. The Morgan fingerprint density at radius 2 is 2.00 bits per heavy atom. The largest absolute Gasteiger partial charge is 0.478 e. The third-order valence-electron chi connectivity index (χ3n) is 3.60. The van der Waals surface area contributed by atoms with Gasteiger partial charge in [0, 0.05) is 5.69 Å². The summed E-state index contributed by atoms with van der Waals surface area (Å²) in [4.78, 5) is 22.9. The number of carbonyl (C=O) groups excluding carboxylic acids is 1. The van der Waals surface area contributed by atoms with Gasteiger partial charge >= 0.3 is 5.97 Å². The molecule has 20 heavy (non-hydrogen) atoms. The zero-order valence-corrected chi connectivity index (χ0v) is 11.8. The van der Waals surface area contributed by atoms with Crippen molar-refractivity contribution in [1.29, 1.82) is 0 Å². The molecule has 0 atom stereocenters. The maximum atomic E-state index is 11.8. The number of rotatable bonds is 6. The molecule has 1 aliphatic carbocycles. The van der Waals surface area contributed by atoms with Crippen LogP contribution >= 0.6 is 0 Å². The van der Waals surface area contributed by atoms with Gasteiger partial charge < -0.3 is 15.7 Å². The van der Waals surface area contributed by atoms with Gasteiger partial charge in [0.25, 0.3) is 0 Å². The molecule has 3 N–H and O–H groups in total. The van der Waals surface area contributed by atoms with E-state index in [4.69, 9.17) is 5.11 Å². The van der Waals surface area contributed by atoms with E-state index in [0.29, 0.717) is 5.69 Å². The zero-order valence-electron chi connectivity index (χ0n) is 11.8. The number of carbonyl (C=O) groups is 2. The number of hydrogen-bond donors (Lipinski definition) is 3. The minimum atomic E-state index is -0.978. The smallest absolute Gasteiger partial charge is 0.336 e. The van der Waals surface area contributed by atoms with E-state index in [1.165, 1.54) is 18.9 Å². The Labute approximate surface area is 118 Å². The van der Waals surface area contributed by atoms with E-state index in [2.05, 4.69) is 10.6 Å². The molecule has 0 bridgehead atoms. The number of carboxylic acid groups (broad SMARTS) is 1. The highest BCUT2D eigenvalue weighted by Crippen LogP contribution is 2.27. The normalized spacial score (nSPS) is 14.1. The number of nitrogens with one attached hydrogen (secondary N) is 2. The predicted molar refractivity (Wildman–Crippen MR) is 77.1 cm³/mol. The number of benzene rings is 1. The summed E-state index contributed by atoms with van der Waals surface area (Å²) in [6, 6.07) is 3.30. The number of amides is 1. The molecule has 2 rings (SSSR count). The molecule has 0 aromatic heterocycles. The third-order valence-corrected chi connectivity index (χ3v) is 3.60. The molecule has 0 saturated heterocycles. The Morgan fingerprint density at radius 3 is 2.60 bits per heavy atom. The van der Waals surface area contributed by atoms with Crippen LogP contribution in [0.2, 0.25) is 0 Å². The fourth-order valence-corrected chi connectivity index (χ4v) is 2.07. The van der Waals surface area contributed by atoms with Crippen molar-refractivity contribution >= 4 is 17.6 Å². The SMILES string of the molecule is Cc1cc(NC(=O)CNCC2CC2)cc(C(=O)O)c1C. The highest BCUT2D eigenvalue weighted by molar-refractivity contribution is 5.96. The summed E-state index contributed by atoms with van der Waals surface area (Å²) in [7, 11) is 0. The topological polar surface area (TPSA) is 78.4 Å². The van der Waals surface area contributed by atoms with Crippen LogP contribution in [-0.2, 0) is 4.79 Å². The monoisotopic (exact) mass is 276 g/mol. The second-order valence-electron chi connectivity index (χ2n) is 5.39. The second-order valence-corrected chi connectivity index (χ2v) is 5.39. The number of hydrogen-bond acceptors (Lipinski definition) is 3. The van der Waals surface area contributed by atoms with Crippen LogP contribution in [0.25, 0.3) is 0 Å². The Bertz CT molecular complexity index is 536. The van der Waals surface area contributed by atoms with Gasteiger partial charge in [-0.15, -0.1) is 0 Å². The maximum Gasteiger partial charge on any atom is 0.336 e. The first-order valence-electron chi connectivity index (χ1n) is 6.82. The van der Waals surface area contributed by atoms with E-state index in [0.717, 1.165) is 23.6 Å². The van der Waals surface area contributed by atoms with Crippen molar-refractivity contribution in [2.24, 2.45) is 5.92 Å². The first kappa shape index (κ1) is 14.5. The summed E-state index contributed by atoms with van der Waals surface area (Å²) in [5.41, 5.74) is 2.34. The lowest BCUT2D eigenvalue weighted by atomic mass is 10.0. The standard InChI is InChI=1S/C15H20N2O3/c1-9-5-12(6-13(10(9)2)15(19)20)17-14(18)8-16-7-11-3-4-11/h5-6,11,16H,3-4,7-8H2,1-2H3,(H,17,18)(H,19,20). The Balaban J connectivity index is 1.97. The summed E-state index contributed by atoms with van der Waals surface area (Å²) in [6.45, 7) is 4.73. The van der Waals surface area contributed by atoms with Crippen molar-refractivity contribution < 1.29 is 14.7 Å². The highest BCUT2D eigenvalue weighted by atomic mass is 16.4. The van der Waals surface area contributed by atoms with Gasteiger partial charge in [-0.1, -0.05) is 0 Å². The summed E-state index contributed by atoms with van der Waals surface area (Å²) in [6.07, 6.45) is 2.49. The molecule has 1 aliphatic rings. The third kappa shape index (κ3) is 3.81. The zero-order chi connectivity index (χ0) is 14.7. The van der Waals surface area contributed by atoms with Crippen LogP contribution in [0.1, 0.15) is 34.3 Å². The molecule has 5 nitrogen and oxygen atoms in total. The van der Waals surface area contributed by atoms with Crippen LogP contribution < -0.4 is 10.6 Å². The lowest BCUT2D eigenvalue weighted by Gasteiger charge is -2.11. The summed E-state index contributed by atoms with van der Waals surface area (Å²) < 4.78 is 0. The predicted octanol–water partition coefficient (Wildman–Crippen LogP) is 1.94. The van der Waals surface area contributed by atoms with Crippen LogP contribution in [0, 0.1) is 19.8 Å². The summed E-state index contributed by atoms with van der Waals surface area (Å²) in [5, 5.41) is 15.0. The molecule has 1 aromatic carbocycles. The molecule has 0 aliphatic heterocycles. The lowest BCUT2D eigenvalue weighted by molar-refractivity contribution is -0.115. The molecular weight excluding hydrogens is 256 g/mol. The first-order valence-corrected chi connectivity index (χ1v) is 6.82. The molecule has 0 spiro atoms. The molecule has 5 heteroatoms. The fourth-order valence-electron chi connectivity index (χ4n) is 2.07. The summed E-state index contributed by atoms with van der Waals surface area (Å²) >= 11 is 0. The first-order chi connectivity index (χ1) is 9.47. The number of anilines is 1. The highest BCUT2D eigenvalue weighted by Gasteiger charge is 2.20. The van der Waals surface area contributed by atoms with Gasteiger partial charge in [-0.05, 0) is 62.4 Å². The molecule has 108 valence electrons. The van der Waals surface area contributed by atoms with E-state index in [-0.39, 0.29) is 18.0 Å². The van der Waals surface area contributed by atoms with Crippen LogP contribution in [0.3, 0.4) is 0 Å². The van der Waals surface area contributed by atoms with Crippen molar-refractivity contribution in [3.8, 4) is 0 Å². The lowest BCUT2D eigenvalue weighted by Crippen LogP contribution is -2.29. The van der Waals surface area contributed by atoms with E-state index < -0.39 is 5.97 Å². The molecule has 0 radical (unpaired) electrons.